The minimum Gasteiger partial charge on any atom is -0.465 e. The van der Waals surface area contributed by atoms with Crippen LogP contribution in [-0.4, -0.2) is 31.8 Å². The van der Waals surface area contributed by atoms with Crippen molar-refractivity contribution in [1.82, 2.24) is 0 Å². The van der Waals surface area contributed by atoms with Crippen molar-refractivity contribution in [2.75, 3.05) is 19.5 Å². The van der Waals surface area contributed by atoms with E-state index in [4.69, 9.17) is 9.47 Å². The first-order valence-electron chi connectivity index (χ1n) is 7.14. The number of ether oxygens (including phenoxy) is 2. The lowest BCUT2D eigenvalue weighted by molar-refractivity contribution is -0.0875. The second-order valence-electron chi connectivity index (χ2n) is 7.59. The van der Waals surface area contributed by atoms with Gasteiger partial charge in [0, 0.05) is 39.4 Å². The molecule has 0 spiro atoms. The van der Waals surface area contributed by atoms with E-state index in [1.807, 2.05) is 0 Å². The van der Waals surface area contributed by atoms with Gasteiger partial charge in [-0.2, -0.15) is 0 Å². The lowest BCUT2D eigenvalue weighted by Crippen LogP contribution is -2.31. The van der Waals surface area contributed by atoms with E-state index in [1.165, 1.54) is 10.8 Å². The van der Waals surface area contributed by atoms with E-state index in [-0.39, 0.29) is 5.41 Å². The van der Waals surface area contributed by atoms with Crippen LogP contribution in [-0.2, 0) is 20.3 Å². The molecule has 2 aliphatic rings. The van der Waals surface area contributed by atoms with Gasteiger partial charge in [-0.1, -0.05) is 38.7 Å². The maximum absolute atomic E-state index is 12.0. The highest BCUT2D eigenvalue weighted by atomic mass is 32.2. The van der Waals surface area contributed by atoms with Crippen LogP contribution >= 0.6 is 0 Å². The largest absolute Gasteiger partial charge is 0.465 e. The minimum atomic E-state index is -1.44. The Kier molecular flexibility index (Phi) is 4.22. The summed E-state index contributed by atoms with van der Waals surface area (Å²) < 4.78 is 23.6. The summed E-state index contributed by atoms with van der Waals surface area (Å²) in [6.45, 7) is 12.6. The third-order valence-electron chi connectivity index (χ3n) is 3.83. The van der Waals surface area contributed by atoms with Crippen LogP contribution in [0.5, 0.6) is 0 Å². The number of allylic oxidation sites excluding steroid dienone is 3. The third kappa shape index (κ3) is 3.37. The van der Waals surface area contributed by atoms with Crippen LogP contribution < -0.4 is 0 Å². The second-order valence-corrected chi connectivity index (χ2v) is 14.1. The summed E-state index contributed by atoms with van der Waals surface area (Å²) in [6, 6.07) is 0. The first-order valence-corrected chi connectivity index (χ1v) is 12.2. The van der Waals surface area contributed by atoms with E-state index in [0.29, 0.717) is 19.2 Å². The molecule has 0 aromatic carbocycles. The van der Waals surface area contributed by atoms with Crippen molar-refractivity contribution >= 4 is 18.9 Å². The first-order chi connectivity index (χ1) is 9.10. The summed E-state index contributed by atoms with van der Waals surface area (Å²) in [5, 5.41) is 1.41. The van der Waals surface area contributed by atoms with Gasteiger partial charge in [-0.05, 0) is 6.42 Å². The van der Waals surface area contributed by atoms with Crippen LogP contribution in [0.4, 0.5) is 0 Å². The van der Waals surface area contributed by atoms with Gasteiger partial charge in [0.05, 0.1) is 21.3 Å². The Labute approximate surface area is 125 Å². The summed E-state index contributed by atoms with van der Waals surface area (Å²) in [7, 11) is -2.33. The fraction of sp³-hybridized carbons (Fsp3) is 0.733. The molecule has 0 aromatic heterocycles. The Bertz CT molecular complexity index is 486. The van der Waals surface area contributed by atoms with Crippen LogP contribution in [0.3, 0.4) is 0 Å². The molecule has 0 amide bonds. The van der Waals surface area contributed by atoms with Crippen LogP contribution in [0.25, 0.3) is 0 Å². The van der Waals surface area contributed by atoms with Gasteiger partial charge in [0.1, 0.15) is 0 Å². The lowest BCUT2D eigenvalue weighted by Gasteiger charge is -2.32. The fourth-order valence-corrected chi connectivity index (χ4v) is 6.40. The second kappa shape index (κ2) is 5.33. The molecule has 1 atom stereocenters. The molecule has 20 heavy (non-hydrogen) atoms. The predicted octanol–water partition coefficient (Wildman–Crippen LogP) is 3.57. The highest BCUT2D eigenvalue weighted by molar-refractivity contribution is 7.88. The molecule has 1 unspecified atom stereocenters. The molecular weight excluding hydrogens is 288 g/mol. The molecule has 2 rings (SSSR count). The standard InChI is InChI=1S/C15H26O3SSi/c1-15(2)9-17-14(18-10-15)11-7-12(19(3)16)13(8-11)20(4,5)6/h7-10H2,1-6H3. The van der Waals surface area contributed by atoms with Gasteiger partial charge >= 0.3 is 0 Å². The highest BCUT2D eigenvalue weighted by Gasteiger charge is 2.35. The molecule has 0 bridgehead atoms. The van der Waals surface area contributed by atoms with Gasteiger partial charge in [0.15, 0.2) is 0 Å². The zero-order valence-electron chi connectivity index (χ0n) is 13.5. The van der Waals surface area contributed by atoms with Crippen LogP contribution in [0.2, 0.25) is 19.6 Å². The van der Waals surface area contributed by atoms with Crippen LogP contribution in [0, 0.1) is 5.41 Å². The smallest absolute Gasteiger partial charge is 0.278 e. The first kappa shape index (κ1) is 15.8. The Balaban J connectivity index is 2.23. The maximum Gasteiger partial charge on any atom is 0.278 e. The van der Waals surface area contributed by atoms with Crippen molar-refractivity contribution in [1.29, 1.82) is 0 Å². The molecule has 0 saturated carbocycles. The highest BCUT2D eigenvalue weighted by Crippen LogP contribution is 2.41. The molecule has 1 heterocycles. The molecule has 1 aliphatic carbocycles. The van der Waals surface area contributed by atoms with Gasteiger partial charge in [0.2, 0.25) is 0 Å². The Hall–Kier alpha value is -0.553. The lowest BCUT2D eigenvalue weighted by atomic mass is 9.96. The van der Waals surface area contributed by atoms with Crippen molar-refractivity contribution in [2.45, 2.75) is 46.3 Å². The minimum absolute atomic E-state index is 0.0775. The quantitative estimate of drug-likeness (QED) is 0.731. The van der Waals surface area contributed by atoms with Gasteiger partial charge in [-0.15, -0.1) is 0 Å². The van der Waals surface area contributed by atoms with E-state index in [9.17, 15) is 4.21 Å². The zero-order valence-corrected chi connectivity index (χ0v) is 15.3. The average molecular weight is 315 g/mol. The van der Waals surface area contributed by atoms with E-state index in [2.05, 4.69) is 33.5 Å². The average Bonchev–Trinajstić information content (AvgIpc) is 2.73. The number of hydrogen-bond acceptors (Lipinski definition) is 3. The molecule has 5 heteroatoms. The van der Waals surface area contributed by atoms with Crippen molar-refractivity contribution in [3.8, 4) is 0 Å². The van der Waals surface area contributed by atoms with Gasteiger partial charge in [-0.25, -0.2) is 0 Å². The van der Waals surface area contributed by atoms with E-state index < -0.39 is 18.9 Å². The van der Waals surface area contributed by atoms with Crippen molar-refractivity contribution < 1.29 is 13.7 Å². The summed E-state index contributed by atoms with van der Waals surface area (Å²) in [4.78, 5) is 1.11. The fourth-order valence-electron chi connectivity index (χ4n) is 2.59. The molecule has 1 fully saturated rings. The molecule has 0 radical (unpaired) electrons. The van der Waals surface area contributed by atoms with E-state index in [1.54, 1.807) is 6.26 Å². The third-order valence-corrected chi connectivity index (χ3v) is 7.38. The molecular formula is C15H26O3SSi. The normalized spacial score (nSPS) is 24.5. The molecule has 114 valence electrons. The van der Waals surface area contributed by atoms with Crippen molar-refractivity contribution in [2.24, 2.45) is 5.41 Å². The molecule has 3 nitrogen and oxygen atoms in total. The monoisotopic (exact) mass is 314 g/mol. The maximum atomic E-state index is 12.0. The van der Waals surface area contributed by atoms with Crippen LogP contribution in [0.15, 0.2) is 21.6 Å². The van der Waals surface area contributed by atoms with Crippen LogP contribution in [0.1, 0.15) is 26.7 Å². The predicted molar refractivity (Wildman–Crippen MR) is 86.4 cm³/mol. The molecule has 0 aromatic rings. The molecule has 1 aliphatic heterocycles. The number of rotatable bonds is 2. The molecule has 0 N–H and O–H groups in total. The summed E-state index contributed by atoms with van der Waals surface area (Å²) >= 11 is 0. The molecule has 1 saturated heterocycles. The Morgan fingerprint density at radius 1 is 1.10 bits per heavy atom. The summed E-state index contributed by atoms with van der Waals surface area (Å²) in [5.74, 6) is 0.695. The zero-order chi connectivity index (χ0) is 15.1. The number of hydrogen-bond donors (Lipinski definition) is 0. The summed E-state index contributed by atoms with van der Waals surface area (Å²) in [5.41, 5.74) is 1.26. The summed E-state index contributed by atoms with van der Waals surface area (Å²) in [6.07, 6.45) is 3.44. The van der Waals surface area contributed by atoms with E-state index >= 15 is 0 Å². The van der Waals surface area contributed by atoms with E-state index in [0.717, 1.165) is 17.7 Å². The van der Waals surface area contributed by atoms with Crippen molar-refractivity contribution in [3.63, 3.8) is 0 Å². The van der Waals surface area contributed by atoms with Crippen molar-refractivity contribution in [3.05, 3.63) is 21.6 Å². The van der Waals surface area contributed by atoms with Gasteiger partial charge in [0.25, 0.3) is 5.95 Å². The Morgan fingerprint density at radius 2 is 1.65 bits per heavy atom. The topological polar surface area (TPSA) is 35.5 Å². The Morgan fingerprint density at radius 3 is 2.05 bits per heavy atom. The van der Waals surface area contributed by atoms with Gasteiger partial charge < -0.3 is 9.47 Å². The van der Waals surface area contributed by atoms with Gasteiger partial charge in [-0.3, -0.25) is 4.21 Å². The SMILES string of the molecule is CS(=O)C1=C([Si](C)(C)C)CC(=C2OCC(C)(C)CO2)C1.